The van der Waals surface area contributed by atoms with Crippen molar-refractivity contribution in [3.8, 4) is 0 Å². The zero-order valence-electron chi connectivity index (χ0n) is 15.2. The fourth-order valence-corrected chi connectivity index (χ4v) is 3.71. The van der Waals surface area contributed by atoms with Crippen LogP contribution in [0.25, 0.3) is 0 Å². The number of hydroxylamine groups is 3. The van der Waals surface area contributed by atoms with E-state index in [-0.39, 0.29) is 32.0 Å². The molecule has 0 unspecified atom stereocenters. The van der Waals surface area contributed by atoms with Crippen LogP contribution in [0, 0.1) is 0 Å². The van der Waals surface area contributed by atoms with Crippen LogP contribution in [0.4, 0.5) is 13.6 Å². The molecule has 12 heteroatoms. The number of carbonyl (C=O) groups excluding carboxylic acids is 2. The van der Waals surface area contributed by atoms with Crippen molar-refractivity contribution in [2.75, 3.05) is 19.7 Å². The number of amides is 3. The lowest BCUT2D eigenvalue weighted by atomic mass is 10.0. The van der Waals surface area contributed by atoms with Crippen LogP contribution in [0.2, 0.25) is 0 Å². The first-order valence-corrected chi connectivity index (χ1v) is 9.35. The Hall–Kier alpha value is -2.05. The van der Waals surface area contributed by atoms with E-state index in [4.69, 9.17) is 9.94 Å². The minimum atomic E-state index is -4.53. The highest BCUT2D eigenvalue weighted by Crippen LogP contribution is 2.33. The summed E-state index contributed by atoms with van der Waals surface area (Å²) in [6, 6.07) is -2.46. The number of hydrogen-bond donors (Lipinski definition) is 3. The largest absolute Gasteiger partial charge is 0.476 e. The zero-order valence-corrected chi connectivity index (χ0v) is 15.2. The van der Waals surface area contributed by atoms with Crippen molar-refractivity contribution < 1.29 is 37.9 Å². The van der Waals surface area contributed by atoms with E-state index in [2.05, 4.69) is 15.6 Å². The van der Waals surface area contributed by atoms with Crippen LogP contribution >= 0.6 is 0 Å². The van der Waals surface area contributed by atoms with E-state index in [0.29, 0.717) is 5.06 Å². The molecule has 3 rings (SSSR count). The smallest absolute Gasteiger partial charge is 0.475 e. The fraction of sp³-hybridized carbons (Fsp3) is 0.812. The Balaban J connectivity index is 1.51. The molecule has 3 saturated heterocycles. The highest BCUT2D eigenvalue weighted by molar-refractivity contribution is 5.88. The van der Waals surface area contributed by atoms with Gasteiger partial charge in [0.15, 0.2) is 0 Å². The van der Waals surface area contributed by atoms with Crippen molar-refractivity contribution in [3.05, 3.63) is 0 Å². The van der Waals surface area contributed by atoms with Crippen LogP contribution in [-0.2, 0) is 19.3 Å². The van der Waals surface area contributed by atoms with Gasteiger partial charge >= 0.3 is 18.1 Å². The Kier molecular flexibility index (Phi) is 6.30. The third kappa shape index (κ3) is 4.50. The summed E-state index contributed by atoms with van der Waals surface area (Å²) in [7, 11) is 0. The first-order valence-electron chi connectivity index (χ1n) is 9.35. The number of urea groups is 1. The van der Waals surface area contributed by atoms with Crippen molar-refractivity contribution >= 4 is 17.9 Å². The number of halogens is 2. The molecule has 2 bridgehead atoms. The van der Waals surface area contributed by atoms with Gasteiger partial charge in [0.05, 0.1) is 12.6 Å². The number of carboxylic acid groups (broad SMARTS) is 1. The van der Waals surface area contributed by atoms with Gasteiger partial charge in [-0.1, -0.05) is 12.8 Å². The van der Waals surface area contributed by atoms with E-state index in [0.717, 1.165) is 37.1 Å². The van der Waals surface area contributed by atoms with Crippen molar-refractivity contribution in [2.45, 2.75) is 62.8 Å². The second-order valence-electron chi connectivity index (χ2n) is 7.20. The number of aliphatic carboxylic acids is 1. The number of piperidine rings is 1. The number of carbonyl (C=O) groups is 3. The van der Waals surface area contributed by atoms with Crippen molar-refractivity contribution in [1.82, 2.24) is 20.8 Å². The standard InChI is InChI=1S/C16H24F2N4O6/c17-16(18,14(24)25)28-22-11-5-6-12(21(8-11)15(22)26)13(23)20-27-9-10-4-2-1-3-7-19-10/h10-12,19H,1-9H2,(H,20,23)(H,24,25)/t10-,11-,12-/m1/s1. The number of rotatable bonds is 7. The maximum absolute atomic E-state index is 13.3. The van der Waals surface area contributed by atoms with E-state index in [1.54, 1.807) is 0 Å². The molecule has 158 valence electrons. The summed E-state index contributed by atoms with van der Waals surface area (Å²) in [6.07, 6.45) is 0.193. The van der Waals surface area contributed by atoms with Crippen molar-refractivity contribution in [1.29, 1.82) is 0 Å². The molecule has 0 aromatic rings. The lowest BCUT2D eigenvalue weighted by Gasteiger charge is -2.29. The van der Waals surface area contributed by atoms with Gasteiger partial charge in [-0.2, -0.15) is 18.7 Å². The van der Waals surface area contributed by atoms with Crippen LogP contribution in [0.1, 0.15) is 38.5 Å². The first kappa shape index (κ1) is 20.7. The number of fused-ring (bicyclic) bond motifs is 2. The first-order chi connectivity index (χ1) is 13.3. The molecule has 0 saturated carbocycles. The van der Waals surface area contributed by atoms with Gasteiger partial charge in [0.25, 0.3) is 5.91 Å². The molecule has 3 aliphatic heterocycles. The number of hydrogen-bond acceptors (Lipinski definition) is 6. The molecule has 3 fully saturated rings. The summed E-state index contributed by atoms with van der Waals surface area (Å²) < 4.78 is 26.6. The maximum Gasteiger partial charge on any atom is 0.476 e. The normalized spacial score (nSPS) is 28.2. The number of nitrogens with one attached hydrogen (secondary N) is 2. The zero-order chi connectivity index (χ0) is 20.3. The second kappa shape index (κ2) is 8.53. The van der Waals surface area contributed by atoms with Crippen LogP contribution in [0.5, 0.6) is 0 Å². The Bertz CT molecular complexity index is 614. The molecule has 0 aromatic heterocycles. The highest BCUT2D eigenvalue weighted by Gasteiger charge is 2.53. The quantitative estimate of drug-likeness (QED) is 0.525. The average Bonchev–Trinajstić information content (AvgIpc) is 2.85. The lowest BCUT2D eigenvalue weighted by molar-refractivity contribution is -0.327. The van der Waals surface area contributed by atoms with Crippen molar-refractivity contribution in [3.63, 3.8) is 0 Å². The summed E-state index contributed by atoms with van der Waals surface area (Å²) in [5.74, 6) is -3.04. The summed E-state index contributed by atoms with van der Waals surface area (Å²) >= 11 is 0. The molecule has 3 aliphatic rings. The van der Waals surface area contributed by atoms with Crippen molar-refractivity contribution in [2.24, 2.45) is 0 Å². The summed E-state index contributed by atoms with van der Waals surface area (Å²) in [4.78, 5) is 45.8. The molecule has 0 aromatic carbocycles. The van der Waals surface area contributed by atoms with Gasteiger partial charge in [-0.25, -0.2) is 15.1 Å². The average molecular weight is 406 g/mol. The van der Waals surface area contributed by atoms with E-state index < -0.39 is 36.1 Å². The van der Waals surface area contributed by atoms with E-state index >= 15 is 0 Å². The second-order valence-corrected chi connectivity index (χ2v) is 7.20. The third-order valence-corrected chi connectivity index (χ3v) is 5.21. The molecule has 0 aliphatic carbocycles. The summed E-state index contributed by atoms with van der Waals surface area (Å²) in [5.41, 5.74) is 2.33. The molecular formula is C16H24F2N4O6. The maximum atomic E-state index is 13.3. The van der Waals surface area contributed by atoms with Gasteiger partial charge in [-0.05, 0) is 32.2 Å². The fourth-order valence-electron chi connectivity index (χ4n) is 3.71. The molecule has 3 atom stereocenters. The minimum absolute atomic E-state index is 0.00317. The Labute approximate surface area is 160 Å². The van der Waals surface area contributed by atoms with Crippen LogP contribution < -0.4 is 10.8 Å². The van der Waals surface area contributed by atoms with Crippen LogP contribution in [0.3, 0.4) is 0 Å². The van der Waals surface area contributed by atoms with Crippen LogP contribution in [-0.4, -0.2) is 76.9 Å². The topological polar surface area (TPSA) is 120 Å². The number of carboxylic acids is 1. The highest BCUT2D eigenvalue weighted by atomic mass is 19.3. The van der Waals surface area contributed by atoms with Crippen LogP contribution in [0.15, 0.2) is 0 Å². The Morgan fingerprint density at radius 2 is 2.04 bits per heavy atom. The number of alkyl halides is 2. The Morgan fingerprint density at radius 3 is 2.79 bits per heavy atom. The van der Waals surface area contributed by atoms with Gasteiger partial charge in [-0.3, -0.25) is 9.63 Å². The van der Waals surface area contributed by atoms with Gasteiger partial charge in [0, 0.05) is 12.6 Å². The van der Waals surface area contributed by atoms with Gasteiger partial charge in [0.1, 0.15) is 6.04 Å². The third-order valence-electron chi connectivity index (χ3n) is 5.21. The summed E-state index contributed by atoms with van der Waals surface area (Å²) in [5, 5.41) is 12.2. The van der Waals surface area contributed by atoms with Gasteiger partial charge in [0.2, 0.25) is 0 Å². The van der Waals surface area contributed by atoms with Gasteiger partial charge in [-0.15, -0.1) is 0 Å². The monoisotopic (exact) mass is 406 g/mol. The molecule has 0 radical (unpaired) electrons. The SMILES string of the molecule is O=C(NOC[C@H]1CCCCCN1)[C@H]1CC[C@@H]2CN1C(=O)N2OC(F)(F)C(=O)O. The Morgan fingerprint density at radius 1 is 1.25 bits per heavy atom. The van der Waals surface area contributed by atoms with E-state index in [9.17, 15) is 23.2 Å². The number of nitrogens with zero attached hydrogens (tertiary/aromatic N) is 2. The lowest BCUT2D eigenvalue weighted by Crippen LogP contribution is -2.50. The minimum Gasteiger partial charge on any atom is -0.475 e. The predicted molar refractivity (Wildman–Crippen MR) is 88.8 cm³/mol. The predicted octanol–water partition coefficient (Wildman–Crippen LogP) is 0.444. The molecule has 3 heterocycles. The molecule has 28 heavy (non-hydrogen) atoms. The van der Waals surface area contributed by atoms with E-state index in [1.165, 1.54) is 0 Å². The van der Waals surface area contributed by atoms with Gasteiger partial charge < -0.3 is 15.3 Å². The molecule has 3 N–H and O–H groups in total. The van der Waals surface area contributed by atoms with E-state index in [1.807, 2.05) is 0 Å². The molecule has 0 spiro atoms. The molecule has 3 amide bonds. The molecular weight excluding hydrogens is 382 g/mol. The summed E-state index contributed by atoms with van der Waals surface area (Å²) in [6.45, 7) is 1.18. The molecule has 10 nitrogen and oxygen atoms in total.